The van der Waals surface area contributed by atoms with Gasteiger partial charge in [-0.2, -0.15) is 0 Å². The Kier molecular flexibility index (Phi) is 2.84. The summed E-state index contributed by atoms with van der Waals surface area (Å²) in [6.07, 6.45) is -0.513. The molecule has 1 amide bonds. The average molecular weight is 217 g/mol. The fourth-order valence-corrected chi connectivity index (χ4v) is 4.66. The molecular weight excluding hydrogens is 202 g/mol. The zero-order valence-corrected chi connectivity index (χ0v) is 9.61. The molecule has 0 spiro atoms. The van der Waals surface area contributed by atoms with Crippen molar-refractivity contribution in [3.8, 4) is 0 Å². The maximum Gasteiger partial charge on any atom is 0.407 e. The van der Waals surface area contributed by atoms with Crippen molar-refractivity contribution in [3.63, 3.8) is 0 Å². The molecule has 0 aromatic rings. The first-order valence-electron chi connectivity index (χ1n) is 4.45. The van der Waals surface area contributed by atoms with E-state index in [0.29, 0.717) is 12.2 Å². The number of esters is 1. The van der Waals surface area contributed by atoms with Crippen LogP contribution in [0.2, 0.25) is 19.1 Å². The van der Waals surface area contributed by atoms with Crippen molar-refractivity contribution in [3.05, 3.63) is 0 Å². The van der Waals surface area contributed by atoms with Gasteiger partial charge in [-0.15, -0.1) is 0 Å². The first-order valence-corrected chi connectivity index (χ1v) is 7.86. The van der Waals surface area contributed by atoms with E-state index in [9.17, 15) is 9.59 Å². The maximum absolute atomic E-state index is 11.3. The highest BCUT2D eigenvalue weighted by molar-refractivity contribution is 6.78. The van der Waals surface area contributed by atoms with Crippen LogP contribution in [0.3, 0.4) is 0 Å². The summed E-state index contributed by atoms with van der Waals surface area (Å²) in [6, 6.07) is 0.0746. The van der Waals surface area contributed by atoms with Gasteiger partial charge in [-0.1, -0.05) is 13.1 Å². The number of hydrogen-bond acceptors (Lipinski definition) is 3. The smallest absolute Gasteiger partial charge is 0.407 e. The summed E-state index contributed by atoms with van der Waals surface area (Å²) in [6.45, 7) is 4.15. The second-order valence-corrected chi connectivity index (χ2v) is 9.37. The van der Waals surface area contributed by atoms with Gasteiger partial charge in [0.2, 0.25) is 0 Å². The molecule has 14 heavy (non-hydrogen) atoms. The van der Waals surface area contributed by atoms with Gasteiger partial charge in [0.15, 0.2) is 0 Å². The fraction of sp³-hybridized carbons (Fsp3) is 0.750. The predicted molar refractivity (Wildman–Crippen MR) is 52.8 cm³/mol. The zero-order valence-electron chi connectivity index (χ0n) is 8.61. The van der Waals surface area contributed by atoms with Crippen molar-refractivity contribution in [2.24, 2.45) is 0 Å². The summed E-state index contributed by atoms with van der Waals surface area (Å²) in [5.41, 5.74) is 0. The van der Waals surface area contributed by atoms with E-state index < -0.39 is 26.2 Å². The maximum atomic E-state index is 11.3. The highest BCUT2D eigenvalue weighted by Gasteiger charge is 2.45. The van der Waals surface area contributed by atoms with Gasteiger partial charge < -0.3 is 9.84 Å². The van der Waals surface area contributed by atoms with Crippen LogP contribution >= 0.6 is 0 Å². The van der Waals surface area contributed by atoms with Crippen LogP contribution in [0, 0.1) is 0 Å². The quantitative estimate of drug-likeness (QED) is 0.520. The van der Waals surface area contributed by atoms with Crippen LogP contribution in [-0.2, 0) is 9.53 Å². The first-order chi connectivity index (χ1) is 6.37. The van der Waals surface area contributed by atoms with Gasteiger partial charge in [0.1, 0.15) is 6.04 Å². The van der Waals surface area contributed by atoms with Crippen LogP contribution in [0.4, 0.5) is 4.79 Å². The van der Waals surface area contributed by atoms with Gasteiger partial charge in [0.25, 0.3) is 0 Å². The van der Waals surface area contributed by atoms with Gasteiger partial charge in [0, 0.05) is 6.17 Å². The van der Waals surface area contributed by atoms with Crippen LogP contribution in [0.5, 0.6) is 0 Å². The van der Waals surface area contributed by atoms with Crippen LogP contribution in [0.1, 0.15) is 0 Å². The molecule has 1 aliphatic heterocycles. The summed E-state index contributed by atoms with van der Waals surface area (Å²) in [5, 5.41) is 8.90. The lowest BCUT2D eigenvalue weighted by molar-refractivity contribution is -0.144. The zero-order chi connectivity index (χ0) is 10.9. The summed E-state index contributed by atoms with van der Waals surface area (Å²) in [4.78, 5) is 23.4. The van der Waals surface area contributed by atoms with E-state index >= 15 is 0 Å². The Bertz CT molecular complexity index is 266. The fourth-order valence-electron chi connectivity index (χ4n) is 1.82. The third-order valence-corrected chi connectivity index (χ3v) is 5.13. The molecule has 1 aliphatic rings. The van der Waals surface area contributed by atoms with Crippen molar-refractivity contribution < 1.29 is 19.4 Å². The lowest BCUT2D eigenvalue weighted by Gasteiger charge is -2.19. The lowest BCUT2D eigenvalue weighted by Crippen LogP contribution is -2.40. The topological polar surface area (TPSA) is 66.8 Å². The Morgan fingerprint density at radius 1 is 1.50 bits per heavy atom. The molecule has 1 rings (SSSR count). The van der Waals surface area contributed by atoms with Crippen LogP contribution < -0.4 is 0 Å². The molecular formula is C8H15NO4Si. The lowest BCUT2D eigenvalue weighted by atomic mass is 10.3. The Hall–Kier alpha value is -1.04. The molecule has 1 heterocycles. The average Bonchev–Trinajstić information content (AvgIpc) is 2.40. The Labute approximate surface area is 83.7 Å². The third-order valence-electron chi connectivity index (χ3n) is 2.44. The predicted octanol–water partition coefficient (Wildman–Crippen LogP) is 0.769. The van der Waals surface area contributed by atoms with Crippen molar-refractivity contribution in [2.45, 2.75) is 25.2 Å². The minimum Gasteiger partial charge on any atom is -0.467 e. The van der Waals surface area contributed by atoms with Gasteiger partial charge in [-0.3, -0.25) is 4.90 Å². The molecule has 0 aromatic heterocycles. The molecule has 1 unspecified atom stereocenters. The molecule has 1 fully saturated rings. The molecule has 0 aliphatic carbocycles. The Balaban J connectivity index is 2.83. The summed E-state index contributed by atoms with van der Waals surface area (Å²) in [7, 11) is -0.277. The number of rotatable bonds is 1. The van der Waals surface area contributed by atoms with Gasteiger partial charge in [-0.05, 0) is 6.04 Å². The molecule has 0 radical (unpaired) electrons. The minimum absolute atomic E-state index is 0.439. The molecule has 5 nitrogen and oxygen atoms in total. The molecule has 0 saturated carbocycles. The second-order valence-electron chi connectivity index (χ2n) is 4.32. The van der Waals surface area contributed by atoms with E-state index in [0.717, 1.165) is 0 Å². The summed E-state index contributed by atoms with van der Waals surface area (Å²) in [5.74, 6) is -0.439. The number of amides is 1. The largest absolute Gasteiger partial charge is 0.467 e. The number of hydrogen-bond donors (Lipinski definition) is 1. The minimum atomic E-state index is -1.56. The number of carboxylic acid groups (broad SMARTS) is 1. The van der Waals surface area contributed by atoms with Crippen LogP contribution in [0.15, 0.2) is 0 Å². The van der Waals surface area contributed by atoms with E-state index in [1.165, 1.54) is 12.0 Å². The van der Waals surface area contributed by atoms with Crippen molar-refractivity contribution in [2.75, 3.05) is 13.3 Å². The van der Waals surface area contributed by atoms with Crippen molar-refractivity contribution in [1.82, 2.24) is 4.90 Å². The summed E-state index contributed by atoms with van der Waals surface area (Å²) < 4.78 is 4.59. The van der Waals surface area contributed by atoms with E-state index in [1.807, 2.05) is 0 Å². The molecule has 1 N–H and O–H groups in total. The van der Waals surface area contributed by atoms with E-state index in [2.05, 4.69) is 17.8 Å². The van der Waals surface area contributed by atoms with E-state index in [1.54, 1.807) is 0 Å². The number of ether oxygens (including phenoxy) is 1. The molecule has 1 saturated heterocycles. The molecule has 6 heteroatoms. The highest BCUT2D eigenvalue weighted by atomic mass is 28.3. The van der Waals surface area contributed by atoms with E-state index in [4.69, 9.17) is 5.11 Å². The summed E-state index contributed by atoms with van der Waals surface area (Å²) >= 11 is 0. The highest BCUT2D eigenvalue weighted by Crippen LogP contribution is 2.27. The SMILES string of the molecule is COC(=O)C1C[Si](C)(C)CN1C(=O)O. The van der Waals surface area contributed by atoms with Crippen molar-refractivity contribution >= 4 is 20.1 Å². The Morgan fingerprint density at radius 3 is 2.50 bits per heavy atom. The number of carbonyl (C=O) groups excluding carboxylic acids is 1. The van der Waals surface area contributed by atoms with Gasteiger partial charge in [-0.25, -0.2) is 9.59 Å². The van der Waals surface area contributed by atoms with Crippen LogP contribution in [-0.4, -0.2) is 49.5 Å². The monoisotopic (exact) mass is 217 g/mol. The normalized spacial score (nSPS) is 24.8. The standard InChI is InChI=1S/C8H15NO4Si/c1-13-7(10)6-4-14(2,3)5-9(6)8(11)12/h6H,4-5H2,1-3H3,(H,11,12). The van der Waals surface area contributed by atoms with Gasteiger partial charge >= 0.3 is 12.1 Å². The number of carbonyl (C=O) groups is 2. The van der Waals surface area contributed by atoms with Crippen molar-refractivity contribution in [1.29, 1.82) is 0 Å². The number of nitrogens with zero attached hydrogens (tertiary/aromatic N) is 1. The molecule has 80 valence electrons. The second kappa shape index (κ2) is 3.60. The third kappa shape index (κ3) is 2.06. The number of methoxy groups -OCH3 is 1. The molecule has 1 atom stereocenters. The first kappa shape index (κ1) is 11.0. The van der Waals surface area contributed by atoms with E-state index in [-0.39, 0.29) is 0 Å². The Morgan fingerprint density at radius 2 is 2.07 bits per heavy atom. The molecule has 0 aromatic carbocycles. The van der Waals surface area contributed by atoms with Crippen LogP contribution in [0.25, 0.3) is 0 Å². The molecule has 0 bridgehead atoms. The van der Waals surface area contributed by atoms with Gasteiger partial charge in [0.05, 0.1) is 15.2 Å².